The number of carbonyl (C=O) groups excluding carboxylic acids is 1. The first-order chi connectivity index (χ1) is 15.8. The molecule has 1 fully saturated rings. The molecule has 2 aromatic carbocycles. The van der Waals surface area contributed by atoms with E-state index in [1.807, 2.05) is 30.3 Å². The zero-order valence-corrected chi connectivity index (χ0v) is 18.8. The zero-order chi connectivity index (χ0) is 23.7. The fourth-order valence-electron chi connectivity index (χ4n) is 3.81. The lowest BCUT2D eigenvalue weighted by Crippen LogP contribution is -2.33. The highest BCUT2D eigenvalue weighted by Crippen LogP contribution is 2.43. The Balaban J connectivity index is 1.77. The molecule has 0 saturated heterocycles. The molecule has 0 radical (unpaired) electrons. The second kappa shape index (κ2) is 8.85. The Morgan fingerprint density at radius 1 is 1.09 bits per heavy atom. The van der Waals surface area contributed by atoms with Gasteiger partial charge in [-0.05, 0) is 36.5 Å². The number of anilines is 3. The summed E-state index contributed by atoms with van der Waals surface area (Å²) < 4.78 is 1.12. The number of hydrogen-bond acceptors (Lipinski definition) is 6. The number of hydrogen-bond donors (Lipinski definition) is 4. The number of amides is 1. The van der Waals surface area contributed by atoms with Gasteiger partial charge in [0.2, 0.25) is 0 Å². The Labute approximate surface area is 190 Å². The highest BCUT2D eigenvalue weighted by molar-refractivity contribution is 5.98. The number of H-pyrrole nitrogens is 1. The molecule has 1 aliphatic rings. The van der Waals surface area contributed by atoms with Crippen LogP contribution in [0.5, 0.6) is 5.75 Å². The van der Waals surface area contributed by atoms with Gasteiger partial charge in [-0.2, -0.15) is 0 Å². The predicted molar refractivity (Wildman–Crippen MR) is 127 cm³/mol. The Hall–Kier alpha value is -4.01. The summed E-state index contributed by atoms with van der Waals surface area (Å²) in [6.07, 6.45) is 2.04. The maximum Gasteiger partial charge on any atom is 0.290 e. The van der Waals surface area contributed by atoms with E-state index < -0.39 is 11.1 Å². The monoisotopic (exact) mass is 449 g/mol. The molecule has 1 amide bonds. The van der Waals surface area contributed by atoms with Crippen molar-refractivity contribution in [3.8, 4) is 5.75 Å². The lowest BCUT2D eigenvalue weighted by molar-refractivity contribution is 0.0824. The topological polar surface area (TPSA) is 119 Å². The van der Waals surface area contributed by atoms with Crippen molar-refractivity contribution in [2.45, 2.75) is 18.9 Å². The first kappa shape index (κ1) is 22.2. The standard InChI is InChI=1S/C24H27N5O4/c1-28(2)23(32)16-10-7-11-17(21(16)30)25-19-20(24(33)29(3)27-22(19)31)26-18(15-12-13-15)14-8-5-4-6-9-14/h4-11,15,18,25-26,30H,12-13H2,1-3H3,(H,27,31). The largest absolute Gasteiger partial charge is 0.505 e. The smallest absolute Gasteiger partial charge is 0.290 e. The normalized spacial score (nSPS) is 13.9. The quantitative estimate of drug-likeness (QED) is 0.412. The van der Waals surface area contributed by atoms with Gasteiger partial charge < -0.3 is 20.6 Å². The van der Waals surface area contributed by atoms with Crippen molar-refractivity contribution < 1.29 is 9.90 Å². The number of aryl methyl sites for hydroxylation is 1. The van der Waals surface area contributed by atoms with Gasteiger partial charge in [0.1, 0.15) is 11.4 Å². The number of carbonyl (C=O) groups is 1. The molecule has 0 spiro atoms. The molecule has 1 aliphatic carbocycles. The molecule has 9 nitrogen and oxygen atoms in total. The number of benzene rings is 2. The van der Waals surface area contributed by atoms with E-state index >= 15 is 0 Å². The molecule has 172 valence electrons. The maximum absolute atomic E-state index is 13.1. The highest BCUT2D eigenvalue weighted by atomic mass is 16.3. The van der Waals surface area contributed by atoms with Crippen LogP contribution in [0.2, 0.25) is 0 Å². The molecule has 33 heavy (non-hydrogen) atoms. The number of phenols is 1. The average Bonchev–Trinajstić information content (AvgIpc) is 3.63. The first-order valence-corrected chi connectivity index (χ1v) is 10.7. The highest BCUT2D eigenvalue weighted by Gasteiger charge is 2.33. The van der Waals surface area contributed by atoms with Crippen LogP contribution >= 0.6 is 0 Å². The third-order valence-corrected chi connectivity index (χ3v) is 5.75. The lowest BCUT2D eigenvalue weighted by atomic mass is 10.0. The predicted octanol–water partition coefficient (Wildman–Crippen LogP) is 2.79. The van der Waals surface area contributed by atoms with E-state index in [0.717, 1.165) is 23.1 Å². The number of rotatable bonds is 7. The zero-order valence-electron chi connectivity index (χ0n) is 18.8. The van der Waals surface area contributed by atoms with Crippen LogP contribution in [0, 0.1) is 5.92 Å². The molecule has 0 aliphatic heterocycles. The Kier molecular flexibility index (Phi) is 5.95. The summed E-state index contributed by atoms with van der Waals surface area (Å²) in [5.41, 5.74) is 0.377. The Morgan fingerprint density at radius 3 is 2.42 bits per heavy atom. The molecule has 1 saturated carbocycles. The third kappa shape index (κ3) is 4.48. The minimum absolute atomic E-state index is 0.0237. The molecule has 4 rings (SSSR count). The van der Waals surface area contributed by atoms with Gasteiger partial charge in [-0.1, -0.05) is 36.4 Å². The van der Waals surface area contributed by atoms with Crippen molar-refractivity contribution in [2.24, 2.45) is 13.0 Å². The van der Waals surface area contributed by atoms with E-state index in [4.69, 9.17) is 0 Å². The van der Waals surface area contributed by atoms with Gasteiger partial charge in [0.05, 0.1) is 17.3 Å². The SMILES string of the molecule is CN(C)C(=O)c1cccc(Nc2c(NC(c3ccccc3)C3CC3)c(=O)n(C)[nH]c2=O)c1O. The van der Waals surface area contributed by atoms with Crippen molar-refractivity contribution in [1.29, 1.82) is 0 Å². The van der Waals surface area contributed by atoms with Gasteiger partial charge >= 0.3 is 0 Å². The summed E-state index contributed by atoms with van der Waals surface area (Å²) in [6, 6.07) is 14.3. The number of nitrogens with one attached hydrogen (secondary N) is 3. The van der Waals surface area contributed by atoms with E-state index in [0.29, 0.717) is 5.92 Å². The van der Waals surface area contributed by atoms with Crippen LogP contribution < -0.4 is 21.8 Å². The number of phenolic OH excluding ortho intramolecular Hbond substituents is 1. The van der Waals surface area contributed by atoms with Crippen molar-refractivity contribution in [2.75, 3.05) is 24.7 Å². The fraction of sp³-hybridized carbons (Fsp3) is 0.292. The molecule has 4 N–H and O–H groups in total. The molecule has 1 unspecified atom stereocenters. The lowest BCUT2D eigenvalue weighted by Gasteiger charge is -2.22. The van der Waals surface area contributed by atoms with E-state index in [1.54, 1.807) is 20.2 Å². The van der Waals surface area contributed by atoms with Crippen molar-refractivity contribution in [3.63, 3.8) is 0 Å². The summed E-state index contributed by atoms with van der Waals surface area (Å²) >= 11 is 0. The van der Waals surface area contributed by atoms with Crippen LogP contribution in [0.15, 0.2) is 58.1 Å². The van der Waals surface area contributed by atoms with Gasteiger partial charge in [0.15, 0.2) is 5.75 Å². The minimum atomic E-state index is -0.536. The van der Waals surface area contributed by atoms with Crippen molar-refractivity contribution >= 4 is 23.0 Å². The molecule has 3 aromatic rings. The van der Waals surface area contributed by atoms with Crippen LogP contribution in [-0.4, -0.2) is 39.8 Å². The van der Waals surface area contributed by atoms with Crippen molar-refractivity contribution in [3.05, 3.63) is 80.4 Å². The van der Waals surface area contributed by atoms with Crippen molar-refractivity contribution in [1.82, 2.24) is 14.7 Å². The van der Waals surface area contributed by atoms with E-state index in [-0.39, 0.29) is 40.3 Å². The van der Waals surface area contributed by atoms with Crippen LogP contribution in [0.3, 0.4) is 0 Å². The molecule has 9 heteroatoms. The fourth-order valence-corrected chi connectivity index (χ4v) is 3.81. The first-order valence-electron chi connectivity index (χ1n) is 10.7. The summed E-state index contributed by atoms with van der Waals surface area (Å²) in [5, 5.41) is 19.4. The Bertz CT molecular complexity index is 1290. The summed E-state index contributed by atoms with van der Waals surface area (Å²) in [6.45, 7) is 0. The molecule has 1 atom stereocenters. The van der Waals surface area contributed by atoms with Crippen LogP contribution in [0.4, 0.5) is 17.1 Å². The summed E-state index contributed by atoms with van der Waals surface area (Å²) in [4.78, 5) is 39.7. The van der Waals surface area contributed by atoms with E-state index in [9.17, 15) is 19.5 Å². The number of aromatic hydroxyl groups is 1. The van der Waals surface area contributed by atoms with E-state index in [1.165, 1.54) is 24.1 Å². The second-order valence-corrected chi connectivity index (χ2v) is 8.45. The van der Waals surface area contributed by atoms with Gasteiger partial charge in [0.25, 0.3) is 17.0 Å². The van der Waals surface area contributed by atoms with Crippen LogP contribution in [-0.2, 0) is 7.05 Å². The minimum Gasteiger partial charge on any atom is -0.505 e. The van der Waals surface area contributed by atoms with Gasteiger partial charge in [0, 0.05) is 21.1 Å². The van der Waals surface area contributed by atoms with E-state index in [2.05, 4.69) is 15.7 Å². The molecular formula is C24H27N5O4. The number of aromatic amines is 1. The second-order valence-electron chi connectivity index (χ2n) is 8.45. The molecule has 1 aromatic heterocycles. The Morgan fingerprint density at radius 2 is 1.79 bits per heavy atom. The van der Waals surface area contributed by atoms with Gasteiger partial charge in [-0.25, -0.2) is 0 Å². The summed E-state index contributed by atoms with van der Waals surface area (Å²) in [7, 11) is 4.63. The van der Waals surface area contributed by atoms with Crippen LogP contribution in [0.25, 0.3) is 0 Å². The molecule has 1 heterocycles. The number of aromatic nitrogens is 2. The van der Waals surface area contributed by atoms with Gasteiger partial charge in [-0.3, -0.25) is 24.2 Å². The molecule has 0 bridgehead atoms. The number of nitrogens with zero attached hydrogens (tertiary/aromatic N) is 2. The average molecular weight is 450 g/mol. The summed E-state index contributed by atoms with van der Waals surface area (Å²) in [5.74, 6) is -0.340. The third-order valence-electron chi connectivity index (χ3n) is 5.75. The van der Waals surface area contributed by atoms with Crippen LogP contribution in [0.1, 0.15) is 34.8 Å². The molecular weight excluding hydrogens is 422 g/mol. The van der Waals surface area contributed by atoms with Gasteiger partial charge in [-0.15, -0.1) is 0 Å². The number of para-hydroxylation sites is 1. The maximum atomic E-state index is 13.1.